The van der Waals surface area contributed by atoms with Gasteiger partial charge < -0.3 is 9.84 Å². The predicted molar refractivity (Wildman–Crippen MR) is 93.9 cm³/mol. The second-order valence-corrected chi connectivity index (χ2v) is 4.37. The Labute approximate surface area is 138 Å². The molecule has 0 fully saturated rings. The molecule has 0 saturated heterocycles. The first-order valence-electron chi connectivity index (χ1n) is 7.06. The second kappa shape index (κ2) is 14.4. The fraction of sp³-hybridized carbons (Fsp3) is 0.333. The molecule has 2 nitrogen and oxygen atoms in total. The summed E-state index contributed by atoms with van der Waals surface area (Å²) >= 11 is 5.73. The average molecular weight is 329 g/mol. The largest absolute Gasteiger partial charge is 0.455 e. The lowest BCUT2D eigenvalue weighted by molar-refractivity contribution is 0.399. The van der Waals surface area contributed by atoms with Gasteiger partial charge in [0.2, 0.25) is 0 Å². The molecule has 22 heavy (non-hydrogen) atoms. The molecule has 0 atom stereocenters. The summed E-state index contributed by atoms with van der Waals surface area (Å²) in [6.07, 6.45) is 3.93. The van der Waals surface area contributed by atoms with E-state index >= 15 is 0 Å². The first kappa shape index (κ1) is 22.7. The van der Waals surface area contributed by atoms with Crippen molar-refractivity contribution in [2.75, 3.05) is 7.11 Å². The van der Waals surface area contributed by atoms with Crippen molar-refractivity contribution < 1.29 is 14.2 Å². The molecule has 0 aromatic heterocycles. The number of ether oxygens (including phenoxy) is 1. The lowest BCUT2D eigenvalue weighted by atomic mass is 10.1. The third-order valence-electron chi connectivity index (χ3n) is 2.20. The summed E-state index contributed by atoms with van der Waals surface area (Å²) < 4.78 is 18.6. The molecule has 1 aromatic carbocycles. The highest BCUT2D eigenvalue weighted by atomic mass is 35.5. The summed E-state index contributed by atoms with van der Waals surface area (Å²) in [7, 11) is 1.00. The minimum Gasteiger partial charge on any atom is -0.455 e. The molecule has 0 aliphatic carbocycles. The Hall–Kier alpha value is -1.58. The molecule has 1 N–H and O–H groups in total. The molecule has 0 saturated carbocycles. The van der Waals surface area contributed by atoms with E-state index in [9.17, 15) is 4.39 Å². The number of halogens is 2. The van der Waals surface area contributed by atoms with Crippen LogP contribution in [0, 0.1) is 0 Å². The van der Waals surface area contributed by atoms with E-state index in [1.54, 1.807) is 24.3 Å². The predicted octanol–water partition coefficient (Wildman–Crippen LogP) is 5.77. The van der Waals surface area contributed by atoms with Crippen molar-refractivity contribution in [2.45, 2.75) is 34.1 Å². The van der Waals surface area contributed by atoms with E-state index < -0.39 is 0 Å². The highest BCUT2D eigenvalue weighted by Gasteiger charge is 2.02. The molecule has 0 bridgehead atoms. The Balaban J connectivity index is 0. The van der Waals surface area contributed by atoms with Crippen molar-refractivity contribution >= 4 is 11.6 Å². The van der Waals surface area contributed by atoms with Crippen molar-refractivity contribution in [1.29, 1.82) is 0 Å². The zero-order valence-electron chi connectivity index (χ0n) is 14.0. The third kappa shape index (κ3) is 10.2. The van der Waals surface area contributed by atoms with Crippen LogP contribution in [0.5, 0.6) is 5.75 Å². The zero-order valence-corrected chi connectivity index (χ0v) is 14.7. The van der Waals surface area contributed by atoms with E-state index in [2.05, 4.69) is 6.58 Å². The van der Waals surface area contributed by atoms with E-state index in [1.165, 1.54) is 6.92 Å². The van der Waals surface area contributed by atoms with E-state index in [1.807, 2.05) is 32.9 Å². The molecule has 0 spiro atoms. The van der Waals surface area contributed by atoms with Crippen LogP contribution in [0.4, 0.5) is 4.39 Å². The Bertz CT molecular complexity index is 472. The van der Waals surface area contributed by atoms with Crippen molar-refractivity contribution in [1.82, 2.24) is 0 Å². The van der Waals surface area contributed by atoms with E-state index in [0.29, 0.717) is 17.2 Å². The third-order valence-corrected chi connectivity index (χ3v) is 2.34. The molecule has 0 aliphatic rings. The van der Waals surface area contributed by atoms with Crippen LogP contribution in [0.15, 0.2) is 59.6 Å². The van der Waals surface area contributed by atoms with Gasteiger partial charge in [-0.25, -0.2) is 4.39 Å². The fourth-order valence-electron chi connectivity index (χ4n) is 1.39. The maximum absolute atomic E-state index is 13.2. The zero-order chi connectivity index (χ0) is 17.5. The van der Waals surface area contributed by atoms with E-state index in [4.69, 9.17) is 21.4 Å². The molecule has 0 aliphatic heterocycles. The van der Waals surface area contributed by atoms with Gasteiger partial charge in [-0.3, -0.25) is 0 Å². The molecule has 0 radical (unpaired) electrons. The van der Waals surface area contributed by atoms with Crippen molar-refractivity contribution in [2.24, 2.45) is 0 Å². The van der Waals surface area contributed by atoms with Crippen LogP contribution in [0.1, 0.15) is 33.3 Å². The molecular formula is C18H26ClFO2. The maximum Gasteiger partial charge on any atom is 0.158 e. The number of benzene rings is 1. The van der Waals surface area contributed by atoms with Gasteiger partial charge in [-0.1, -0.05) is 50.2 Å². The Morgan fingerprint density at radius 3 is 2.14 bits per heavy atom. The highest BCUT2D eigenvalue weighted by Crippen LogP contribution is 2.19. The molecule has 1 aromatic rings. The van der Waals surface area contributed by atoms with Crippen LogP contribution in [0.25, 0.3) is 0 Å². The first-order chi connectivity index (χ1) is 10.5. The second-order valence-electron chi connectivity index (χ2n) is 3.84. The molecule has 1 rings (SSSR count). The molecule has 4 heteroatoms. The Morgan fingerprint density at radius 2 is 1.77 bits per heavy atom. The Kier molecular flexibility index (Phi) is 14.8. The quantitative estimate of drug-likeness (QED) is 0.549. The summed E-state index contributed by atoms with van der Waals surface area (Å²) in [6, 6.07) is 7.32. The molecule has 0 amide bonds. The van der Waals surface area contributed by atoms with Crippen LogP contribution in [0.2, 0.25) is 0 Å². The fourth-order valence-corrected chi connectivity index (χ4v) is 1.55. The van der Waals surface area contributed by atoms with Crippen LogP contribution in [-0.4, -0.2) is 12.2 Å². The molecule has 0 unspecified atom stereocenters. The number of aliphatic hydroxyl groups is 1. The van der Waals surface area contributed by atoms with Gasteiger partial charge in [-0.15, -0.1) is 0 Å². The smallest absolute Gasteiger partial charge is 0.158 e. The number of hydrogen-bond donors (Lipinski definition) is 1. The van der Waals surface area contributed by atoms with Crippen LogP contribution < -0.4 is 4.74 Å². The minimum atomic E-state index is -0.355. The van der Waals surface area contributed by atoms with Gasteiger partial charge in [-0.05, 0) is 37.6 Å². The molecular weight excluding hydrogens is 303 g/mol. The van der Waals surface area contributed by atoms with Gasteiger partial charge >= 0.3 is 0 Å². The van der Waals surface area contributed by atoms with Gasteiger partial charge in [0.05, 0.1) is 0 Å². The summed E-state index contributed by atoms with van der Waals surface area (Å²) in [6.45, 7) is 10.8. The normalized spacial score (nSPS) is 10.7. The lowest BCUT2D eigenvalue weighted by Crippen LogP contribution is -1.94. The van der Waals surface area contributed by atoms with Crippen molar-refractivity contribution in [3.63, 3.8) is 0 Å². The SMILES string of the molecule is C=C(Cl)Cc1ccc(OC(/C=C\C)=C(/C)F)cc1.CC.CO. The van der Waals surface area contributed by atoms with E-state index in [-0.39, 0.29) is 11.6 Å². The van der Waals surface area contributed by atoms with Crippen molar-refractivity contribution in [3.05, 3.63) is 65.2 Å². The van der Waals surface area contributed by atoms with Crippen LogP contribution in [-0.2, 0) is 6.42 Å². The summed E-state index contributed by atoms with van der Waals surface area (Å²) in [5.41, 5.74) is 1.04. The summed E-state index contributed by atoms with van der Waals surface area (Å²) in [5, 5.41) is 7.58. The van der Waals surface area contributed by atoms with Gasteiger partial charge in [0, 0.05) is 18.6 Å². The maximum atomic E-state index is 13.2. The number of aliphatic hydroxyl groups excluding tert-OH is 1. The number of hydrogen-bond acceptors (Lipinski definition) is 2. The lowest BCUT2D eigenvalue weighted by Gasteiger charge is -2.07. The molecule has 124 valence electrons. The monoisotopic (exact) mass is 328 g/mol. The van der Waals surface area contributed by atoms with Crippen LogP contribution in [0.3, 0.4) is 0 Å². The topological polar surface area (TPSA) is 29.5 Å². The van der Waals surface area contributed by atoms with Crippen molar-refractivity contribution in [3.8, 4) is 5.75 Å². The summed E-state index contributed by atoms with van der Waals surface area (Å²) in [4.78, 5) is 0. The standard InChI is InChI=1S/C15H16ClFO.C2H6.CH4O/c1-4-5-15(12(3)17)18-14-8-6-13(7-9-14)10-11(2)16;2*1-2/h4-9H,2,10H2,1,3H3;1-2H3;2H,1H3/b5-4-,15-12-;;. The first-order valence-corrected chi connectivity index (χ1v) is 7.44. The minimum absolute atomic E-state index is 0.215. The average Bonchev–Trinajstić information content (AvgIpc) is 2.52. The number of rotatable bonds is 5. The van der Waals surface area contributed by atoms with Crippen LogP contribution >= 0.6 is 11.6 Å². The van der Waals surface area contributed by atoms with Gasteiger partial charge in [0.1, 0.15) is 11.6 Å². The highest BCUT2D eigenvalue weighted by molar-refractivity contribution is 6.29. The van der Waals surface area contributed by atoms with E-state index in [0.717, 1.165) is 12.7 Å². The van der Waals surface area contributed by atoms with Gasteiger partial charge in [-0.2, -0.15) is 0 Å². The number of allylic oxidation sites excluding steroid dienone is 4. The Morgan fingerprint density at radius 1 is 1.27 bits per heavy atom. The molecule has 0 heterocycles. The van der Waals surface area contributed by atoms with Gasteiger partial charge in [0.25, 0.3) is 0 Å². The summed E-state index contributed by atoms with van der Waals surface area (Å²) in [5.74, 6) is 0.447. The van der Waals surface area contributed by atoms with Gasteiger partial charge in [0.15, 0.2) is 5.76 Å².